The van der Waals surface area contributed by atoms with Crippen LogP contribution in [-0.2, 0) is 37.8 Å². The minimum atomic E-state index is -3.04. The van der Waals surface area contributed by atoms with Gasteiger partial charge < -0.3 is 50.0 Å². The van der Waals surface area contributed by atoms with E-state index in [1.165, 1.54) is 0 Å². The fraction of sp³-hybridized carbons (Fsp3) is 0.436. The lowest BCUT2D eigenvalue weighted by Gasteiger charge is -2.37. The van der Waals surface area contributed by atoms with Crippen LogP contribution in [0.2, 0.25) is 18.6 Å². The van der Waals surface area contributed by atoms with Crippen molar-refractivity contribution in [3.8, 4) is 0 Å². The number of aromatic nitrogens is 3. The van der Waals surface area contributed by atoms with E-state index >= 15 is 0 Å². The summed E-state index contributed by atoms with van der Waals surface area (Å²) in [6, 6.07) is 24.0. The summed E-state index contributed by atoms with van der Waals surface area (Å²) in [5.74, 6) is -2.07. The molecule has 4 heterocycles. The Balaban J connectivity index is 1.20. The normalized spacial score (nSPS) is 29.8. The maximum Gasteiger partial charge on any atom is 0.264 e. The van der Waals surface area contributed by atoms with E-state index in [1.54, 1.807) is 34.0 Å². The number of aryl methyl sites for hydroxylation is 1. The number of carbonyl (C=O) groups is 2. The highest BCUT2D eigenvalue weighted by Crippen LogP contribution is 2.60. The third-order valence-electron chi connectivity index (χ3n) is 11.2. The molecule has 0 saturated carbocycles. The van der Waals surface area contributed by atoms with Crippen LogP contribution >= 0.6 is 0 Å². The number of nitrogens with one attached hydrogen (secondary N) is 1. The number of anilines is 2. The van der Waals surface area contributed by atoms with Crippen LogP contribution in [0, 0.1) is 5.92 Å². The second kappa shape index (κ2) is 15.3. The molecule has 3 aliphatic heterocycles. The van der Waals surface area contributed by atoms with Crippen molar-refractivity contribution in [2.45, 2.75) is 93.4 Å². The molecule has 7 rings (SSSR count). The molecule has 0 radical (unpaired) electrons. The van der Waals surface area contributed by atoms with Crippen LogP contribution in [0.4, 0.5) is 11.4 Å². The third kappa shape index (κ3) is 7.14. The Morgan fingerprint density at radius 3 is 2.35 bits per heavy atom. The van der Waals surface area contributed by atoms with Gasteiger partial charge in [0.2, 0.25) is 0 Å². The number of ether oxygens (including phenoxy) is 2. The van der Waals surface area contributed by atoms with Crippen LogP contribution in [0.25, 0.3) is 0 Å². The van der Waals surface area contributed by atoms with Crippen molar-refractivity contribution in [2.75, 3.05) is 16.8 Å². The predicted octanol–water partition coefficient (Wildman–Crippen LogP) is 1.58. The number of benzene rings is 3. The zero-order chi connectivity index (χ0) is 39.2. The summed E-state index contributed by atoms with van der Waals surface area (Å²) in [6.45, 7) is 6.02. The van der Waals surface area contributed by atoms with Crippen LogP contribution in [-0.4, -0.2) is 109 Å². The highest BCUT2D eigenvalue weighted by Gasteiger charge is 2.66. The van der Waals surface area contributed by atoms with Crippen LogP contribution in [0.5, 0.6) is 0 Å². The van der Waals surface area contributed by atoms with E-state index in [-0.39, 0.29) is 30.7 Å². The molecule has 1 unspecified atom stereocenters. The summed E-state index contributed by atoms with van der Waals surface area (Å²) >= 11 is 0. The van der Waals surface area contributed by atoms with E-state index in [4.69, 9.17) is 9.47 Å². The fourth-order valence-corrected chi connectivity index (χ4v) is 11.1. The average Bonchev–Trinajstić information content (AvgIpc) is 3.82. The maximum atomic E-state index is 14.9. The fourth-order valence-electron chi connectivity index (χ4n) is 8.54. The summed E-state index contributed by atoms with van der Waals surface area (Å²) in [7, 11) is -3.04. The van der Waals surface area contributed by atoms with Gasteiger partial charge in [-0.2, -0.15) is 0 Å². The van der Waals surface area contributed by atoms with Crippen LogP contribution in [0.3, 0.4) is 0 Å². The van der Waals surface area contributed by atoms with Crippen molar-refractivity contribution >= 4 is 31.5 Å². The molecule has 292 valence electrons. The van der Waals surface area contributed by atoms with Crippen molar-refractivity contribution in [1.29, 1.82) is 0 Å². The van der Waals surface area contributed by atoms with E-state index < -0.39 is 68.1 Å². The van der Waals surface area contributed by atoms with E-state index in [2.05, 4.69) is 15.6 Å². The number of aliphatic hydroxyl groups excluding tert-OH is 5. The molecule has 2 saturated heterocycles. The summed E-state index contributed by atoms with van der Waals surface area (Å²) in [5.41, 5.74) is 1.73. The molecule has 2 fully saturated rings. The Kier molecular flexibility index (Phi) is 10.8. The summed E-state index contributed by atoms with van der Waals surface area (Å²) in [5, 5.41) is 62.1. The zero-order valence-electron chi connectivity index (χ0n) is 30.7. The standard InChI is InChI=1S/C39H47N5O10Si/c1-22-35(55(2,3)52)30(16-17-43-20-28(41-42-43)26(21-45)24-12-8-5-9-13-24)54-39(22)27-18-25(40-36(49)34-32(47)31(46)33(48)37(50)53-34)14-15-29(27)44(38(39)51)19-23-10-6-4-7-11-23/h4-15,18,20,22,26,30-35,37,45-48,50,52H,16-17,19,21H2,1-3H3,(H,40,49)/t22-,26?,30+,31-,32-,33+,34-,35-,37+,39+/m0/s1. The molecular weight excluding hydrogens is 727 g/mol. The number of aliphatic hydroxyl groups is 5. The number of rotatable bonds is 11. The summed E-state index contributed by atoms with van der Waals surface area (Å²) in [6.07, 6.45) is -7.48. The van der Waals surface area contributed by atoms with Gasteiger partial charge in [-0.3, -0.25) is 14.3 Å². The Morgan fingerprint density at radius 2 is 1.67 bits per heavy atom. The predicted molar refractivity (Wildman–Crippen MR) is 201 cm³/mol. The molecule has 3 aromatic carbocycles. The highest BCUT2D eigenvalue weighted by atomic mass is 28.4. The maximum absolute atomic E-state index is 14.9. The van der Waals surface area contributed by atoms with Crippen molar-refractivity contribution < 1.29 is 49.4 Å². The second-order valence-corrected chi connectivity index (χ2v) is 19.2. The Morgan fingerprint density at radius 1 is 0.982 bits per heavy atom. The lowest BCUT2D eigenvalue weighted by molar-refractivity contribution is -0.274. The number of amides is 2. The molecule has 2 amide bonds. The molecule has 3 aliphatic rings. The molecule has 16 heteroatoms. The average molecular weight is 774 g/mol. The van der Waals surface area contributed by atoms with E-state index in [1.807, 2.05) is 80.7 Å². The lowest BCUT2D eigenvalue weighted by Crippen LogP contribution is -2.60. The van der Waals surface area contributed by atoms with Gasteiger partial charge in [0, 0.05) is 35.5 Å². The molecule has 4 aromatic rings. The molecule has 1 spiro atoms. The third-order valence-corrected chi connectivity index (χ3v) is 13.7. The number of nitrogens with zero attached hydrogens (tertiary/aromatic N) is 4. The van der Waals surface area contributed by atoms with E-state index in [0.717, 1.165) is 11.1 Å². The summed E-state index contributed by atoms with van der Waals surface area (Å²) < 4.78 is 13.8. The topological polar surface area (TPSA) is 220 Å². The van der Waals surface area contributed by atoms with Gasteiger partial charge in [0.1, 0.15) is 18.3 Å². The minimum Gasteiger partial charge on any atom is -0.432 e. The lowest BCUT2D eigenvalue weighted by atomic mass is 9.82. The number of fused-ring (bicyclic) bond motifs is 2. The van der Waals surface area contributed by atoms with E-state index in [0.29, 0.717) is 29.9 Å². The monoisotopic (exact) mass is 773 g/mol. The highest BCUT2D eigenvalue weighted by molar-refractivity contribution is 6.71. The van der Waals surface area contributed by atoms with Gasteiger partial charge in [0.25, 0.3) is 11.8 Å². The summed E-state index contributed by atoms with van der Waals surface area (Å²) in [4.78, 5) is 41.7. The number of hydrogen-bond donors (Lipinski definition) is 7. The Bertz CT molecular complexity index is 2000. The quantitative estimate of drug-likeness (QED) is 0.108. The van der Waals surface area contributed by atoms with Gasteiger partial charge in [-0.25, -0.2) is 0 Å². The molecule has 10 atom stereocenters. The van der Waals surface area contributed by atoms with Crippen LogP contribution in [0.1, 0.15) is 41.6 Å². The van der Waals surface area contributed by atoms with Gasteiger partial charge in [-0.05, 0) is 48.8 Å². The second-order valence-electron chi connectivity index (χ2n) is 15.2. The van der Waals surface area contributed by atoms with Crippen molar-refractivity contribution in [2.24, 2.45) is 5.92 Å². The van der Waals surface area contributed by atoms with Crippen molar-refractivity contribution in [3.63, 3.8) is 0 Å². The van der Waals surface area contributed by atoms with Crippen LogP contribution < -0.4 is 10.2 Å². The van der Waals surface area contributed by atoms with Gasteiger partial charge in [-0.15, -0.1) is 5.10 Å². The minimum absolute atomic E-state index is 0.147. The first-order valence-corrected chi connectivity index (χ1v) is 21.4. The Hall–Kier alpha value is -4.36. The first-order chi connectivity index (χ1) is 26.2. The van der Waals surface area contributed by atoms with Crippen molar-refractivity contribution in [1.82, 2.24) is 15.0 Å². The molecule has 1 aromatic heterocycles. The van der Waals surface area contributed by atoms with Gasteiger partial charge >= 0.3 is 0 Å². The zero-order valence-corrected chi connectivity index (χ0v) is 31.7. The molecule has 15 nitrogen and oxygen atoms in total. The largest absolute Gasteiger partial charge is 0.432 e. The number of hydrogen-bond acceptors (Lipinski definition) is 12. The molecule has 0 bridgehead atoms. The molecule has 55 heavy (non-hydrogen) atoms. The first kappa shape index (κ1) is 38.9. The van der Waals surface area contributed by atoms with Gasteiger partial charge in [0.05, 0.1) is 36.6 Å². The van der Waals surface area contributed by atoms with Gasteiger partial charge in [-0.1, -0.05) is 72.8 Å². The smallest absolute Gasteiger partial charge is 0.264 e. The van der Waals surface area contributed by atoms with Crippen LogP contribution in [0.15, 0.2) is 85.1 Å². The van der Waals surface area contributed by atoms with Crippen molar-refractivity contribution in [3.05, 3.63) is 107 Å². The molecular formula is C39H47N5O10Si. The molecule has 7 N–H and O–H groups in total. The SMILES string of the molecule is C[C@H]1[C@H]([Si](C)(C)O)[C@@H](CCn2cc(C(CO)c3ccccc3)nn2)O[C@]12C(=O)N(Cc1ccccc1)c1ccc(NC(=O)[C@H]3O[C@@H](O)[C@H](O)[C@@H](O)[C@@H]3O)cc12. The Labute approximate surface area is 318 Å². The molecule has 0 aliphatic carbocycles. The van der Waals surface area contributed by atoms with E-state index in [9.17, 15) is 39.9 Å². The number of carbonyl (C=O) groups excluding carboxylic acids is 2. The first-order valence-electron chi connectivity index (χ1n) is 18.4. The van der Waals surface area contributed by atoms with Gasteiger partial charge in [0.15, 0.2) is 26.3 Å².